The van der Waals surface area contributed by atoms with Crippen LogP contribution in [0.3, 0.4) is 0 Å². The molecule has 0 aliphatic rings. The summed E-state index contributed by atoms with van der Waals surface area (Å²) in [5.74, 6) is 1.36. The first-order valence-corrected chi connectivity index (χ1v) is 7.60. The van der Waals surface area contributed by atoms with Gasteiger partial charge in [-0.15, -0.1) is 0 Å². The highest BCUT2D eigenvalue weighted by molar-refractivity contribution is 5.79. The number of hydrogen-bond donors (Lipinski definition) is 0. The van der Waals surface area contributed by atoms with Crippen LogP contribution in [0.1, 0.15) is 64.5 Å². The minimum absolute atomic E-state index is 0.335. The van der Waals surface area contributed by atoms with Crippen LogP contribution >= 0.6 is 0 Å². The highest BCUT2D eigenvalue weighted by Gasteiger charge is 2.15. The summed E-state index contributed by atoms with van der Waals surface area (Å²) < 4.78 is 2.17. The molecule has 0 amide bonds. The molecule has 108 valence electrons. The Bertz CT molecular complexity index is 596. The van der Waals surface area contributed by atoms with Crippen molar-refractivity contribution in [2.45, 2.75) is 58.9 Å². The predicted octanol–water partition coefficient (Wildman–Crippen LogP) is 5.24. The van der Waals surface area contributed by atoms with Gasteiger partial charge < -0.3 is 4.57 Å². The SMILES string of the molecule is C=Nc1nc2ccc(C(CC)CCC)cc2n1C(C)C. The Kier molecular flexibility index (Phi) is 4.58. The van der Waals surface area contributed by atoms with Gasteiger partial charge in [0.2, 0.25) is 5.95 Å². The van der Waals surface area contributed by atoms with E-state index in [9.17, 15) is 0 Å². The second-order valence-electron chi connectivity index (χ2n) is 5.68. The first-order valence-electron chi connectivity index (χ1n) is 7.60. The molecule has 0 saturated carbocycles. The Morgan fingerprint density at radius 3 is 2.60 bits per heavy atom. The van der Waals surface area contributed by atoms with Gasteiger partial charge in [-0.25, -0.2) is 9.98 Å². The summed E-state index contributed by atoms with van der Waals surface area (Å²) in [7, 11) is 0. The lowest BCUT2D eigenvalue weighted by atomic mass is 9.92. The van der Waals surface area contributed by atoms with Gasteiger partial charge in [0.05, 0.1) is 11.0 Å². The molecule has 20 heavy (non-hydrogen) atoms. The summed E-state index contributed by atoms with van der Waals surface area (Å²) in [5, 5.41) is 0. The van der Waals surface area contributed by atoms with Crippen molar-refractivity contribution < 1.29 is 0 Å². The van der Waals surface area contributed by atoms with Crippen LogP contribution in [-0.4, -0.2) is 16.3 Å². The van der Waals surface area contributed by atoms with E-state index in [2.05, 4.69) is 67.2 Å². The molecule has 3 nitrogen and oxygen atoms in total. The third-order valence-corrected chi connectivity index (χ3v) is 3.95. The molecule has 0 radical (unpaired) electrons. The fraction of sp³-hybridized carbons (Fsp3) is 0.529. The first-order chi connectivity index (χ1) is 9.62. The highest BCUT2D eigenvalue weighted by atomic mass is 15.2. The maximum atomic E-state index is 4.56. The molecule has 0 saturated heterocycles. The second-order valence-corrected chi connectivity index (χ2v) is 5.68. The summed E-state index contributed by atoms with van der Waals surface area (Å²) in [5.41, 5.74) is 3.60. The van der Waals surface area contributed by atoms with E-state index in [0.29, 0.717) is 12.0 Å². The van der Waals surface area contributed by atoms with Crippen LogP contribution in [0, 0.1) is 0 Å². The zero-order chi connectivity index (χ0) is 14.7. The largest absolute Gasteiger partial charge is 0.306 e. The second kappa shape index (κ2) is 6.21. The standard InChI is InChI=1S/C17H25N3/c1-6-8-13(7-2)14-9-10-15-16(11-14)20(12(3)4)17(18-5)19-15/h9-13H,5-8H2,1-4H3. The molecule has 1 aromatic heterocycles. The monoisotopic (exact) mass is 271 g/mol. The lowest BCUT2D eigenvalue weighted by Crippen LogP contribution is -2.01. The van der Waals surface area contributed by atoms with Gasteiger partial charge in [-0.1, -0.05) is 26.3 Å². The fourth-order valence-electron chi connectivity index (χ4n) is 2.93. The van der Waals surface area contributed by atoms with Crippen molar-refractivity contribution in [1.82, 2.24) is 9.55 Å². The van der Waals surface area contributed by atoms with Gasteiger partial charge >= 0.3 is 0 Å². The minimum Gasteiger partial charge on any atom is -0.306 e. The maximum absolute atomic E-state index is 4.56. The van der Waals surface area contributed by atoms with Crippen molar-refractivity contribution >= 4 is 23.7 Å². The summed E-state index contributed by atoms with van der Waals surface area (Å²) in [6.07, 6.45) is 3.64. The molecule has 0 bridgehead atoms. The van der Waals surface area contributed by atoms with Gasteiger partial charge in [-0.05, 0) is 57.0 Å². The van der Waals surface area contributed by atoms with Gasteiger partial charge in [0.25, 0.3) is 0 Å². The summed E-state index contributed by atoms with van der Waals surface area (Å²) in [4.78, 5) is 8.62. The summed E-state index contributed by atoms with van der Waals surface area (Å²) >= 11 is 0. The highest BCUT2D eigenvalue weighted by Crippen LogP contribution is 2.31. The maximum Gasteiger partial charge on any atom is 0.230 e. The van der Waals surface area contributed by atoms with E-state index in [-0.39, 0.29) is 0 Å². The zero-order valence-corrected chi connectivity index (χ0v) is 13.1. The van der Waals surface area contributed by atoms with Crippen LogP contribution in [0.2, 0.25) is 0 Å². The Morgan fingerprint density at radius 1 is 1.30 bits per heavy atom. The van der Waals surface area contributed by atoms with Crippen molar-refractivity contribution in [3.63, 3.8) is 0 Å². The predicted molar refractivity (Wildman–Crippen MR) is 87.3 cm³/mol. The molecule has 1 heterocycles. The first kappa shape index (κ1) is 14.8. The van der Waals surface area contributed by atoms with E-state index in [0.717, 1.165) is 11.5 Å². The van der Waals surface area contributed by atoms with E-state index >= 15 is 0 Å². The van der Waals surface area contributed by atoms with E-state index in [4.69, 9.17) is 0 Å². The topological polar surface area (TPSA) is 30.2 Å². The molecule has 0 aliphatic carbocycles. The van der Waals surface area contributed by atoms with Gasteiger partial charge in [-0.3, -0.25) is 0 Å². The average Bonchev–Trinajstić information content (AvgIpc) is 2.82. The smallest absolute Gasteiger partial charge is 0.230 e. The van der Waals surface area contributed by atoms with E-state index < -0.39 is 0 Å². The lowest BCUT2D eigenvalue weighted by molar-refractivity contribution is 0.594. The molecule has 2 rings (SSSR count). The van der Waals surface area contributed by atoms with Gasteiger partial charge in [-0.2, -0.15) is 0 Å². The minimum atomic E-state index is 0.335. The van der Waals surface area contributed by atoms with Gasteiger partial charge in [0.15, 0.2) is 0 Å². The number of rotatable bonds is 6. The fourth-order valence-corrected chi connectivity index (χ4v) is 2.93. The van der Waals surface area contributed by atoms with Crippen LogP contribution in [0.25, 0.3) is 11.0 Å². The van der Waals surface area contributed by atoms with E-state index in [1.54, 1.807) is 0 Å². The van der Waals surface area contributed by atoms with Crippen molar-refractivity contribution in [2.24, 2.45) is 4.99 Å². The number of benzene rings is 1. The number of nitrogens with zero attached hydrogens (tertiary/aromatic N) is 3. The van der Waals surface area contributed by atoms with Crippen molar-refractivity contribution in [3.05, 3.63) is 23.8 Å². The summed E-state index contributed by atoms with van der Waals surface area (Å²) in [6, 6.07) is 6.97. The molecule has 0 N–H and O–H groups in total. The van der Waals surface area contributed by atoms with Crippen LogP contribution in [0.5, 0.6) is 0 Å². The number of aromatic nitrogens is 2. The molecule has 0 spiro atoms. The van der Waals surface area contributed by atoms with Crippen LogP contribution in [0.4, 0.5) is 5.95 Å². The van der Waals surface area contributed by atoms with E-state index in [1.165, 1.54) is 30.3 Å². The number of aliphatic imine (C=N–C) groups is 1. The average molecular weight is 271 g/mol. The third kappa shape index (κ3) is 2.62. The molecule has 0 fully saturated rings. The van der Waals surface area contributed by atoms with Crippen LogP contribution < -0.4 is 0 Å². The molecule has 1 unspecified atom stereocenters. The van der Waals surface area contributed by atoms with Crippen molar-refractivity contribution in [2.75, 3.05) is 0 Å². The summed E-state index contributed by atoms with van der Waals surface area (Å²) in [6.45, 7) is 12.5. The Labute approximate surface area is 121 Å². The van der Waals surface area contributed by atoms with Crippen molar-refractivity contribution in [3.8, 4) is 0 Å². The van der Waals surface area contributed by atoms with Gasteiger partial charge in [0, 0.05) is 6.04 Å². The van der Waals surface area contributed by atoms with Crippen LogP contribution in [-0.2, 0) is 0 Å². The van der Waals surface area contributed by atoms with E-state index in [1.807, 2.05) is 0 Å². The molecular weight excluding hydrogens is 246 g/mol. The number of fused-ring (bicyclic) bond motifs is 1. The number of hydrogen-bond acceptors (Lipinski definition) is 2. The number of imidazole rings is 1. The third-order valence-electron chi connectivity index (χ3n) is 3.95. The quantitative estimate of drug-likeness (QED) is 0.660. The Balaban J connectivity index is 2.56. The molecule has 0 aliphatic heterocycles. The van der Waals surface area contributed by atoms with Gasteiger partial charge in [0.1, 0.15) is 0 Å². The lowest BCUT2D eigenvalue weighted by Gasteiger charge is -2.16. The Hall–Kier alpha value is -1.64. The van der Waals surface area contributed by atoms with Crippen LogP contribution in [0.15, 0.2) is 23.2 Å². The Morgan fingerprint density at radius 2 is 2.05 bits per heavy atom. The molecule has 1 aromatic carbocycles. The zero-order valence-electron chi connectivity index (χ0n) is 13.1. The molecular formula is C17H25N3. The normalized spacial score (nSPS) is 13.1. The molecule has 2 aromatic rings. The molecule has 3 heteroatoms. The molecule has 1 atom stereocenters. The van der Waals surface area contributed by atoms with Crippen molar-refractivity contribution in [1.29, 1.82) is 0 Å².